The lowest BCUT2D eigenvalue weighted by Crippen LogP contribution is -2.13. The number of hydrogen-bond acceptors (Lipinski definition) is 4. The second-order valence-corrected chi connectivity index (χ2v) is 5.51. The van der Waals surface area contributed by atoms with Gasteiger partial charge in [0.1, 0.15) is 11.4 Å². The van der Waals surface area contributed by atoms with Crippen LogP contribution >= 0.6 is 0 Å². The van der Waals surface area contributed by atoms with Crippen LogP contribution in [0.3, 0.4) is 0 Å². The Morgan fingerprint density at radius 3 is 2.26 bits per heavy atom. The van der Waals surface area contributed by atoms with Crippen molar-refractivity contribution in [3.8, 4) is 5.75 Å². The third-order valence-corrected chi connectivity index (χ3v) is 3.98. The van der Waals surface area contributed by atoms with E-state index in [0.717, 1.165) is 11.3 Å². The average molecular weight is 315 g/mol. The molecule has 5 nitrogen and oxygen atoms in total. The minimum absolute atomic E-state index is 0.0740. The van der Waals surface area contributed by atoms with E-state index in [2.05, 4.69) is 0 Å². The number of Topliss-reactive ketones (excluding diaryl/α,β-unsaturated/α-hetero) is 1. The number of carbonyl (C=O) groups is 2. The largest absolute Gasteiger partial charge is 0.485 e. The van der Waals surface area contributed by atoms with Crippen LogP contribution in [0.4, 0.5) is 0 Å². The van der Waals surface area contributed by atoms with E-state index in [4.69, 9.17) is 9.47 Å². The number of rotatable bonds is 5. The van der Waals surface area contributed by atoms with Crippen LogP contribution in [0.1, 0.15) is 37.7 Å². The number of ketones is 1. The fourth-order valence-corrected chi connectivity index (χ4v) is 2.63. The van der Waals surface area contributed by atoms with Gasteiger partial charge in [-0.3, -0.25) is 4.79 Å². The highest BCUT2D eigenvalue weighted by molar-refractivity contribution is 6.03. The molecule has 5 heteroatoms. The van der Waals surface area contributed by atoms with Crippen molar-refractivity contribution in [2.24, 2.45) is 7.05 Å². The van der Waals surface area contributed by atoms with Crippen molar-refractivity contribution in [3.05, 3.63) is 52.3 Å². The first-order chi connectivity index (χ1) is 10.9. The van der Waals surface area contributed by atoms with Gasteiger partial charge in [-0.25, -0.2) is 4.79 Å². The van der Waals surface area contributed by atoms with Crippen molar-refractivity contribution in [2.45, 2.75) is 20.8 Å². The summed E-state index contributed by atoms with van der Waals surface area (Å²) < 4.78 is 12.0. The number of hydrogen-bond donors (Lipinski definition) is 0. The molecule has 0 aliphatic rings. The van der Waals surface area contributed by atoms with E-state index in [9.17, 15) is 9.59 Å². The third kappa shape index (κ3) is 3.28. The summed E-state index contributed by atoms with van der Waals surface area (Å²) in [6.07, 6.45) is 0. The number of benzene rings is 1. The molecule has 0 saturated heterocycles. The second kappa shape index (κ2) is 6.69. The summed E-state index contributed by atoms with van der Waals surface area (Å²) in [5, 5.41) is 0. The highest BCUT2D eigenvalue weighted by Gasteiger charge is 2.25. The Hall–Kier alpha value is -2.56. The van der Waals surface area contributed by atoms with Crippen LogP contribution < -0.4 is 4.74 Å². The fraction of sp³-hybridized carbons (Fsp3) is 0.333. The van der Waals surface area contributed by atoms with Crippen LogP contribution in [0.5, 0.6) is 5.75 Å². The van der Waals surface area contributed by atoms with Gasteiger partial charge < -0.3 is 14.0 Å². The Kier molecular flexibility index (Phi) is 4.89. The molecule has 122 valence electrons. The Balaban J connectivity index is 2.22. The number of aromatic nitrogens is 1. The number of esters is 1. The smallest absolute Gasteiger partial charge is 0.354 e. The van der Waals surface area contributed by atoms with Crippen molar-refractivity contribution in [1.29, 1.82) is 0 Å². The van der Waals surface area contributed by atoms with Gasteiger partial charge in [0.25, 0.3) is 0 Å². The molecule has 0 N–H and O–H groups in total. The van der Waals surface area contributed by atoms with Gasteiger partial charge in [0.15, 0.2) is 6.61 Å². The molecule has 0 spiro atoms. The highest BCUT2D eigenvalue weighted by Crippen LogP contribution is 2.23. The lowest BCUT2D eigenvalue weighted by Gasteiger charge is -2.07. The number of nitrogens with zero attached hydrogens (tertiary/aromatic N) is 1. The summed E-state index contributed by atoms with van der Waals surface area (Å²) in [5.41, 5.74) is 3.37. The number of methoxy groups -OCH3 is 1. The summed E-state index contributed by atoms with van der Waals surface area (Å²) in [5.74, 6) is 0.0290. The molecule has 0 amide bonds. The maximum absolute atomic E-state index is 12.5. The molecule has 1 aromatic heterocycles. The van der Waals surface area contributed by atoms with Gasteiger partial charge in [-0.2, -0.15) is 0 Å². The number of ether oxygens (including phenoxy) is 2. The van der Waals surface area contributed by atoms with E-state index in [0.29, 0.717) is 22.6 Å². The average Bonchev–Trinajstić information content (AvgIpc) is 2.75. The van der Waals surface area contributed by atoms with Crippen molar-refractivity contribution in [2.75, 3.05) is 13.7 Å². The standard InChI is InChI=1S/C18H21NO4/c1-11-6-8-14(9-7-11)23-10-15(20)16-12(2)17(18(21)22-5)19(4)13(16)3/h6-9H,10H2,1-5H3. The zero-order valence-corrected chi connectivity index (χ0v) is 14.1. The molecule has 0 aliphatic heterocycles. The molecule has 1 aromatic carbocycles. The Morgan fingerprint density at radius 2 is 1.70 bits per heavy atom. The molecular formula is C18H21NO4. The molecule has 23 heavy (non-hydrogen) atoms. The third-order valence-electron chi connectivity index (χ3n) is 3.98. The monoisotopic (exact) mass is 315 g/mol. The van der Waals surface area contributed by atoms with Crippen molar-refractivity contribution >= 4 is 11.8 Å². The van der Waals surface area contributed by atoms with Crippen LogP contribution in [0.2, 0.25) is 0 Å². The van der Waals surface area contributed by atoms with Crippen LogP contribution in [0.25, 0.3) is 0 Å². The van der Waals surface area contributed by atoms with Gasteiger partial charge in [-0.05, 0) is 38.5 Å². The van der Waals surface area contributed by atoms with Crippen LogP contribution in [-0.4, -0.2) is 30.0 Å². The topological polar surface area (TPSA) is 57.5 Å². The normalized spacial score (nSPS) is 10.5. The van der Waals surface area contributed by atoms with E-state index in [1.165, 1.54) is 7.11 Å². The van der Waals surface area contributed by atoms with Crippen molar-refractivity contribution in [3.63, 3.8) is 0 Å². The summed E-state index contributed by atoms with van der Waals surface area (Å²) in [4.78, 5) is 24.4. The van der Waals surface area contributed by atoms with Gasteiger partial charge in [0.05, 0.1) is 7.11 Å². The quantitative estimate of drug-likeness (QED) is 0.629. The zero-order chi connectivity index (χ0) is 17.1. The Labute approximate surface area is 135 Å². The second-order valence-electron chi connectivity index (χ2n) is 5.51. The lowest BCUT2D eigenvalue weighted by molar-refractivity contribution is 0.0588. The summed E-state index contributed by atoms with van der Waals surface area (Å²) in [7, 11) is 3.07. The first kappa shape index (κ1) is 16.8. The fourth-order valence-electron chi connectivity index (χ4n) is 2.63. The molecule has 0 atom stereocenters. The van der Waals surface area contributed by atoms with Gasteiger partial charge in [0.2, 0.25) is 5.78 Å². The maximum Gasteiger partial charge on any atom is 0.354 e. The highest BCUT2D eigenvalue weighted by atomic mass is 16.5. The van der Waals surface area contributed by atoms with E-state index in [1.807, 2.05) is 31.2 Å². The lowest BCUT2D eigenvalue weighted by atomic mass is 10.1. The summed E-state index contributed by atoms with van der Waals surface area (Å²) >= 11 is 0. The molecule has 0 aliphatic carbocycles. The van der Waals surface area contributed by atoms with Crippen molar-refractivity contribution < 1.29 is 19.1 Å². The van der Waals surface area contributed by atoms with Crippen LogP contribution in [0, 0.1) is 20.8 Å². The molecule has 0 fully saturated rings. The molecule has 0 saturated carbocycles. The molecule has 1 heterocycles. The van der Waals surface area contributed by atoms with Crippen molar-refractivity contribution in [1.82, 2.24) is 4.57 Å². The van der Waals surface area contributed by atoms with Gasteiger partial charge in [-0.15, -0.1) is 0 Å². The van der Waals surface area contributed by atoms with E-state index in [1.54, 1.807) is 25.5 Å². The summed E-state index contributed by atoms with van der Waals surface area (Å²) in [6.45, 7) is 5.46. The van der Waals surface area contributed by atoms with E-state index in [-0.39, 0.29) is 12.4 Å². The SMILES string of the molecule is COC(=O)c1c(C)c(C(=O)COc2ccc(C)cc2)c(C)n1C. The first-order valence-corrected chi connectivity index (χ1v) is 7.33. The minimum atomic E-state index is -0.452. The molecular weight excluding hydrogens is 294 g/mol. The predicted molar refractivity (Wildman–Crippen MR) is 87.2 cm³/mol. The zero-order valence-electron chi connectivity index (χ0n) is 14.1. The van der Waals surface area contributed by atoms with Gasteiger partial charge >= 0.3 is 5.97 Å². The maximum atomic E-state index is 12.5. The number of aryl methyl sites for hydroxylation is 1. The minimum Gasteiger partial charge on any atom is -0.485 e. The van der Waals surface area contributed by atoms with E-state index < -0.39 is 5.97 Å². The summed E-state index contributed by atoms with van der Waals surface area (Å²) in [6, 6.07) is 7.50. The molecule has 0 unspecified atom stereocenters. The Bertz CT molecular complexity index is 741. The molecule has 2 aromatic rings. The molecule has 0 radical (unpaired) electrons. The number of carbonyl (C=O) groups excluding carboxylic acids is 2. The molecule has 2 rings (SSSR count). The predicted octanol–water partition coefficient (Wildman–Crippen LogP) is 3.00. The Morgan fingerprint density at radius 1 is 1.09 bits per heavy atom. The van der Waals surface area contributed by atoms with Crippen LogP contribution in [0.15, 0.2) is 24.3 Å². The molecule has 0 bridgehead atoms. The van der Waals surface area contributed by atoms with Gasteiger partial charge in [-0.1, -0.05) is 17.7 Å². The van der Waals surface area contributed by atoms with Crippen LogP contribution in [-0.2, 0) is 11.8 Å². The first-order valence-electron chi connectivity index (χ1n) is 7.33. The van der Waals surface area contributed by atoms with Gasteiger partial charge in [0, 0.05) is 18.3 Å². The van der Waals surface area contributed by atoms with E-state index >= 15 is 0 Å².